The summed E-state index contributed by atoms with van der Waals surface area (Å²) in [6, 6.07) is 11.5. The van der Waals surface area contributed by atoms with Gasteiger partial charge in [-0.3, -0.25) is 23.9 Å². The molecule has 2 unspecified atom stereocenters. The summed E-state index contributed by atoms with van der Waals surface area (Å²) < 4.78 is 23.3. The highest BCUT2D eigenvalue weighted by atomic mass is 35.5. The van der Waals surface area contributed by atoms with Crippen LogP contribution >= 0.6 is 23.2 Å². The molecule has 3 saturated heterocycles. The van der Waals surface area contributed by atoms with Gasteiger partial charge in [0.15, 0.2) is 0 Å². The molecule has 0 bridgehead atoms. The summed E-state index contributed by atoms with van der Waals surface area (Å²) in [6.45, 7) is 3.27. The van der Waals surface area contributed by atoms with Gasteiger partial charge in [0.25, 0.3) is 0 Å². The van der Waals surface area contributed by atoms with Crippen molar-refractivity contribution in [2.24, 2.45) is 0 Å². The Labute approximate surface area is 291 Å². The average Bonchev–Trinajstić information content (AvgIpc) is 3.50. The van der Waals surface area contributed by atoms with Crippen molar-refractivity contribution in [2.75, 3.05) is 39.6 Å². The fourth-order valence-electron chi connectivity index (χ4n) is 6.55. The van der Waals surface area contributed by atoms with E-state index in [4.69, 9.17) is 47.6 Å². The van der Waals surface area contributed by atoms with Gasteiger partial charge < -0.3 is 20.1 Å². The van der Waals surface area contributed by atoms with Crippen LogP contribution in [0.4, 0.5) is 0 Å². The lowest BCUT2D eigenvalue weighted by Crippen LogP contribution is -2.69. The highest BCUT2D eigenvalue weighted by molar-refractivity contribution is 7.88. The maximum atomic E-state index is 12.1. The molecule has 250 valence electrons. The Morgan fingerprint density at radius 3 is 2.04 bits per heavy atom. The third-order valence-electron chi connectivity index (χ3n) is 9.24. The van der Waals surface area contributed by atoms with E-state index in [1.54, 1.807) is 26.6 Å². The van der Waals surface area contributed by atoms with Gasteiger partial charge in [0.2, 0.25) is 17.7 Å². The molecule has 0 radical (unpaired) electrons. The van der Waals surface area contributed by atoms with Crippen molar-refractivity contribution < 1.29 is 18.5 Å². The summed E-state index contributed by atoms with van der Waals surface area (Å²) in [5.74, 6) is 1.71. The van der Waals surface area contributed by atoms with Crippen molar-refractivity contribution in [3.8, 4) is 45.4 Å². The smallest absolute Gasteiger partial charge is 0.237 e. The highest BCUT2D eigenvalue weighted by Gasteiger charge is 2.53. The molecule has 3 aliphatic rings. The first-order chi connectivity index (χ1) is 23.3. The van der Waals surface area contributed by atoms with E-state index in [-0.39, 0.29) is 16.7 Å². The summed E-state index contributed by atoms with van der Waals surface area (Å²) >= 11 is 14.1. The number of amides is 1. The summed E-state index contributed by atoms with van der Waals surface area (Å²) in [5.41, 5.74) is 5.33. The van der Waals surface area contributed by atoms with Crippen LogP contribution in [0.15, 0.2) is 48.8 Å². The summed E-state index contributed by atoms with van der Waals surface area (Å²) in [5, 5.41) is 7.22. The van der Waals surface area contributed by atoms with Gasteiger partial charge in [0.1, 0.15) is 11.4 Å². The number of rotatable bonds is 11. The quantitative estimate of drug-likeness (QED) is 0.227. The van der Waals surface area contributed by atoms with Crippen molar-refractivity contribution in [3.63, 3.8) is 0 Å². The van der Waals surface area contributed by atoms with Gasteiger partial charge in [-0.1, -0.05) is 59.6 Å². The van der Waals surface area contributed by atoms with Crippen LogP contribution in [0.2, 0.25) is 10.0 Å². The van der Waals surface area contributed by atoms with Crippen molar-refractivity contribution in [2.45, 2.75) is 43.1 Å². The van der Waals surface area contributed by atoms with E-state index in [1.807, 2.05) is 36.4 Å². The number of ether oxygens (including phenoxy) is 2. The molecule has 11 nitrogen and oxygen atoms in total. The molecule has 7 rings (SSSR count). The van der Waals surface area contributed by atoms with Crippen molar-refractivity contribution in [1.82, 2.24) is 35.5 Å². The fraction of sp³-hybridized carbons (Fsp3) is 0.382. The van der Waals surface area contributed by atoms with Gasteiger partial charge in [0.05, 0.1) is 52.8 Å². The number of aromatic nitrogens is 4. The SMILES string of the molecule is COc1nc(-c2cccc(-c3cccc(-c4cnc(CN5CC6(CCS6=O)C5)c(OC)n4)c3Cl)c2Cl)cnc1CNCC1CCC(=O)N1. The van der Waals surface area contributed by atoms with Crippen LogP contribution in [-0.4, -0.2) is 85.3 Å². The maximum absolute atomic E-state index is 12.1. The first-order valence-electron chi connectivity index (χ1n) is 15.8. The minimum absolute atomic E-state index is 0.0244. The third-order valence-corrected chi connectivity index (χ3v) is 12.1. The molecular formula is C34H35Cl2N7O4S. The molecule has 2 atom stereocenters. The summed E-state index contributed by atoms with van der Waals surface area (Å²) in [7, 11) is 2.42. The van der Waals surface area contributed by atoms with Crippen molar-refractivity contribution in [3.05, 3.63) is 70.2 Å². The fourth-order valence-corrected chi connectivity index (χ4v) is 8.80. The second-order valence-electron chi connectivity index (χ2n) is 12.3. The van der Waals surface area contributed by atoms with E-state index in [1.165, 1.54) is 0 Å². The van der Waals surface area contributed by atoms with Gasteiger partial charge in [-0.2, -0.15) is 0 Å². The Morgan fingerprint density at radius 2 is 1.52 bits per heavy atom. The number of hydrogen-bond donors (Lipinski definition) is 2. The second kappa shape index (κ2) is 13.7. The number of halogens is 2. The molecular weight excluding hydrogens is 673 g/mol. The Hall–Kier alpha value is -3.68. The number of hydrogen-bond acceptors (Lipinski definition) is 10. The van der Waals surface area contributed by atoms with E-state index in [2.05, 4.69) is 20.5 Å². The minimum Gasteiger partial charge on any atom is -0.480 e. The topological polar surface area (TPSA) is 131 Å². The zero-order valence-electron chi connectivity index (χ0n) is 26.6. The molecule has 2 N–H and O–H groups in total. The predicted octanol–water partition coefficient (Wildman–Crippen LogP) is 4.67. The van der Waals surface area contributed by atoms with Crippen LogP contribution in [0, 0.1) is 0 Å². The van der Waals surface area contributed by atoms with Crippen molar-refractivity contribution >= 4 is 39.9 Å². The molecule has 2 aromatic heterocycles. The Kier molecular flexibility index (Phi) is 9.36. The Morgan fingerprint density at radius 1 is 0.938 bits per heavy atom. The molecule has 1 amide bonds. The first-order valence-corrected chi connectivity index (χ1v) is 17.8. The maximum Gasteiger partial charge on any atom is 0.237 e. The van der Waals surface area contributed by atoms with E-state index < -0.39 is 10.8 Å². The van der Waals surface area contributed by atoms with Gasteiger partial charge in [-0.15, -0.1) is 0 Å². The number of carbonyl (C=O) groups is 1. The highest BCUT2D eigenvalue weighted by Crippen LogP contribution is 2.43. The molecule has 48 heavy (non-hydrogen) atoms. The van der Waals surface area contributed by atoms with E-state index >= 15 is 0 Å². The molecule has 5 heterocycles. The van der Waals surface area contributed by atoms with Gasteiger partial charge in [0, 0.05) is 84.0 Å². The molecule has 0 saturated carbocycles. The van der Waals surface area contributed by atoms with Crippen LogP contribution in [0.25, 0.3) is 33.6 Å². The number of nitrogens with one attached hydrogen (secondary N) is 2. The average molecular weight is 709 g/mol. The number of methoxy groups -OCH3 is 2. The monoisotopic (exact) mass is 707 g/mol. The molecule has 1 spiro atoms. The molecule has 3 fully saturated rings. The standard InChI is InChI=1S/C34H35Cl2N7O4S/c1-46-32-27(14-37-13-20-9-10-29(44)40-20)38-15-25(41-32)23-7-3-5-21(30(23)35)22-6-4-8-24(31(22)36)26-16-39-28(33(42-26)47-2)17-43-18-34(19-43)11-12-48(34)45/h3-8,15-16,20,37H,9-14,17-19H2,1-2H3,(H,40,44). The van der Waals surface area contributed by atoms with E-state index in [9.17, 15) is 9.00 Å². The molecule has 14 heteroatoms. The van der Waals surface area contributed by atoms with E-state index in [0.29, 0.717) is 76.1 Å². The van der Waals surface area contributed by atoms with Gasteiger partial charge in [-0.05, 0) is 12.8 Å². The minimum atomic E-state index is -0.721. The van der Waals surface area contributed by atoms with Crippen LogP contribution in [0.3, 0.4) is 0 Å². The molecule has 2 aromatic carbocycles. The number of nitrogens with zero attached hydrogens (tertiary/aromatic N) is 5. The van der Waals surface area contributed by atoms with Crippen LogP contribution < -0.4 is 20.1 Å². The zero-order valence-corrected chi connectivity index (χ0v) is 28.9. The third kappa shape index (κ3) is 6.27. The van der Waals surface area contributed by atoms with Gasteiger partial charge in [-0.25, -0.2) is 9.97 Å². The van der Waals surface area contributed by atoms with Crippen LogP contribution in [0.1, 0.15) is 30.7 Å². The van der Waals surface area contributed by atoms with Crippen molar-refractivity contribution in [1.29, 1.82) is 0 Å². The lowest BCUT2D eigenvalue weighted by molar-refractivity contribution is -0.119. The number of benzene rings is 2. The van der Waals surface area contributed by atoms with Gasteiger partial charge >= 0.3 is 0 Å². The zero-order chi connectivity index (χ0) is 33.4. The number of likely N-dealkylation sites (tertiary alicyclic amines) is 1. The molecule has 3 aliphatic heterocycles. The lowest BCUT2D eigenvalue weighted by Gasteiger charge is -2.54. The Balaban J connectivity index is 1.10. The second-order valence-corrected chi connectivity index (χ2v) is 15.0. The van der Waals surface area contributed by atoms with Crippen LogP contribution in [-0.2, 0) is 28.7 Å². The van der Waals surface area contributed by atoms with Crippen LogP contribution in [0.5, 0.6) is 11.8 Å². The molecule has 4 aromatic rings. The lowest BCUT2D eigenvalue weighted by atomic mass is 9.94. The largest absolute Gasteiger partial charge is 0.480 e. The van der Waals surface area contributed by atoms with E-state index in [0.717, 1.165) is 48.5 Å². The number of carbonyl (C=O) groups excluding carboxylic acids is 1. The predicted molar refractivity (Wildman–Crippen MR) is 186 cm³/mol. The molecule has 0 aliphatic carbocycles. The first kappa shape index (κ1) is 32.8. The summed E-state index contributed by atoms with van der Waals surface area (Å²) in [4.78, 5) is 32.5. The Bertz CT molecular complexity index is 1910. The summed E-state index contributed by atoms with van der Waals surface area (Å²) in [6.07, 6.45) is 5.78. The normalized spacial score (nSPS) is 19.9.